The molecule has 12 aliphatic rings. The van der Waals surface area contributed by atoms with Gasteiger partial charge in [0.1, 0.15) is 0 Å². The molecule has 6 aromatic carbocycles. The Kier molecular flexibility index (Phi) is 37.1. The Morgan fingerprint density at radius 2 is 0.328 bits per heavy atom. The number of aliphatic hydroxyl groups is 2. The van der Waals surface area contributed by atoms with Gasteiger partial charge in [0.25, 0.3) is 0 Å². The summed E-state index contributed by atoms with van der Waals surface area (Å²) in [6.45, 7) is 9.00. The van der Waals surface area contributed by atoms with E-state index in [0.717, 1.165) is 138 Å². The van der Waals surface area contributed by atoms with Gasteiger partial charge in [-0.1, -0.05) is 253 Å². The van der Waals surface area contributed by atoms with Crippen molar-refractivity contribution >= 4 is 139 Å². The van der Waals surface area contributed by atoms with E-state index in [9.17, 15) is 10.2 Å². The van der Waals surface area contributed by atoms with Crippen molar-refractivity contribution in [3.8, 4) is 0 Å². The first-order valence-corrected chi connectivity index (χ1v) is 54.0. The van der Waals surface area contributed by atoms with Crippen molar-refractivity contribution in [3.63, 3.8) is 0 Å². The molecular weight excluding hydrogens is 1840 g/mol. The van der Waals surface area contributed by atoms with Gasteiger partial charge in [0, 0.05) is 28.4 Å². The van der Waals surface area contributed by atoms with Gasteiger partial charge in [-0.3, -0.25) is 0 Å². The van der Waals surface area contributed by atoms with Crippen LogP contribution in [-0.2, 0) is 51.4 Å². The molecule has 18 heteroatoms. The molecule has 0 saturated heterocycles. The summed E-state index contributed by atoms with van der Waals surface area (Å²) in [5.74, 6) is 4.62. The first-order valence-electron chi connectivity index (χ1n) is 49.5. The second kappa shape index (κ2) is 45.7. The molecule has 0 aromatic heterocycles. The van der Waals surface area contributed by atoms with E-state index in [2.05, 4.69) is 100 Å². The lowest BCUT2D eigenvalue weighted by Gasteiger charge is -2.48. The minimum atomic E-state index is -0.118. The van der Waals surface area contributed by atoms with E-state index in [0.29, 0.717) is 60.3 Å². The van der Waals surface area contributed by atoms with Crippen LogP contribution in [0.5, 0.6) is 0 Å². The number of hydrogen-bond donors (Lipinski definition) is 2. The molecule has 0 unspecified atom stereocenters. The van der Waals surface area contributed by atoms with Crippen molar-refractivity contribution in [2.75, 3.05) is 28.4 Å². The molecule has 0 bridgehead atoms. The van der Waals surface area contributed by atoms with Gasteiger partial charge in [0.2, 0.25) is 0 Å². The van der Waals surface area contributed by atoms with Crippen LogP contribution in [0.25, 0.3) is 0 Å². The van der Waals surface area contributed by atoms with Crippen LogP contribution in [0.3, 0.4) is 0 Å². The van der Waals surface area contributed by atoms with Crippen LogP contribution < -0.4 is 0 Å². The molecule has 0 spiro atoms. The lowest BCUT2D eigenvalue weighted by Crippen LogP contribution is -2.44. The molecule has 0 atom stereocenters. The summed E-state index contributed by atoms with van der Waals surface area (Å²) in [5.41, 5.74) is 9.91. The summed E-state index contributed by atoms with van der Waals surface area (Å²) in [5, 5.41) is 27.7. The predicted molar refractivity (Wildman–Crippen MR) is 545 cm³/mol. The van der Waals surface area contributed by atoms with Gasteiger partial charge in [-0.15, -0.1) is 0 Å². The first-order chi connectivity index (χ1) is 61.2. The Hall–Kier alpha value is -1.44. The topological polar surface area (TPSA) is 77.4 Å². The van der Waals surface area contributed by atoms with Crippen molar-refractivity contribution in [3.05, 3.63) is 203 Å². The SMILES string of the molecule is COC1(C)CCC(c2ccc(Cl)c(Cl)c2)(C2CCCC2)CC1.COC1(C)CCC(c2ccc(Cl)c(Cl)c2)(C2CCCC2)CC1.COC1(C)CCC(c2ccc(Cl)c(Cl)c2)(C2CCCC2)CC1.COC1(C)CCC(c2ccc(Cl)c(Cl)c2)(C2CCCC2)CC1.OC1CCC(c2ccc(Cl)c(Cl)c2)(C2CCCC2)CC1.OC1CCC(c2ccc(Cl)c(Cl)c2)(C2CCCC2)CC1. The number of methoxy groups -OCH3 is 4. The molecule has 0 amide bonds. The zero-order valence-corrected chi connectivity index (χ0v) is 87.1. The molecule has 18 rings (SSSR count). The fraction of sp³-hybridized carbons (Fsp3) is 0.673. The van der Waals surface area contributed by atoms with E-state index in [1.54, 1.807) is 0 Å². The highest BCUT2D eigenvalue weighted by molar-refractivity contribution is 6.44. The van der Waals surface area contributed by atoms with Crippen molar-refractivity contribution in [1.29, 1.82) is 0 Å². The maximum atomic E-state index is 9.88. The Morgan fingerprint density at radius 1 is 0.195 bits per heavy atom. The van der Waals surface area contributed by atoms with Gasteiger partial charge < -0.3 is 29.2 Å². The van der Waals surface area contributed by atoms with Crippen LogP contribution in [-0.4, -0.2) is 73.3 Å². The Morgan fingerprint density at radius 3 is 0.453 bits per heavy atom. The van der Waals surface area contributed by atoms with Gasteiger partial charge in [0.05, 0.1) is 94.9 Å². The molecule has 708 valence electrons. The van der Waals surface area contributed by atoms with Gasteiger partial charge in [-0.25, -0.2) is 0 Å². The highest BCUT2D eigenvalue weighted by Gasteiger charge is 2.53. The molecule has 6 nitrogen and oxygen atoms in total. The largest absolute Gasteiger partial charge is 0.393 e. The Balaban J connectivity index is 0.000000131. The molecule has 12 saturated carbocycles. The van der Waals surface area contributed by atoms with E-state index in [1.165, 1.54) is 239 Å². The van der Waals surface area contributed by atoms with Crippen LogP contribution in [0.4, 0.5) is 0 Å². The maximum Gasteiger partial charge on any atom is 0.0651 e. The van der Waals surface area contributed by atoms with Crippen molar-refractivity contribution in [2.45, 2.75) is 403 Å². The number of aliphatic hydroxyl groups excluding tert-OH is 2. The van der Waals surface area contributed by atoms with E-state index in [1.807, 2.05) is 64.8 Å². The monoisotopic (exact) mass is 1980 g/mol. The quantitative estimate of drug-likeness (QED) is 0.101. The highest BCUT2D eigenvalue weighted by Crippen LogP contribution is 2.61. The third-order valence-electron chi connectivity index (χ3n) is 36.3. The lowest BCUT2D eigenvalue weighted by molar-refractivity contribution is -0.0476. The van der Waals surface area contributed by atoms with Gasteiger partial charge in [-0.2, -0.15) is 0 Å². The predicted octanol–water partition coefficient (Wildman–Crippen LogP) is 36.3. The second-order valence-corrected chi connectivity index (χ2v) is 47.6. The first kappa shape index (κ1) is 104. The summed E-state index contributed by atoms with van der Waals surface area (Å²) in [4.78, 5) is 0. The van der Waals surface area contributed by atoms with Crippen molar-refractivity contribution in [1.82, 2.24) is 0 Å². The van der Waals surface area contributed by atoms with Crippen molar-refractivity contribution in [2.24, 2.45) is 35.5 Å². The Labute approximate surface area is 830 Å². The van der Waals surface area contributed by atoms with Crippen LogP contribution in [0.2, 0.25) is 60.3 Å². The molecule has 0 heterocycles. The molecule has 12 fully saturated rings. The average molecular weight is 1990 g/mol. The smallest absolute Gasteiger partial charge is 0.0651 e. The molecular formula is C110H148Cl12O6. The van der Waals surface area contributed by atoms with Gasteiger partial charge in [0.15, 0.2) is 0 Å². The maximum absolute atomic E-state index is 9.88. The van der Waals surface area contributed by atoms with E-state index >= 15 is 0 Å². The zero-order chi connectivity index (χ0) is 91.5. The van der Waals surface area contributed by atoms with E-state index in [4.69, 9.17) is 158 Å². The number of ether oxygens (including phenoxy) is 4. The van der Waals surface area contributed by atoms with Gasteiger partial charge >= 0.3 is 0 Å². The zero-order valence-electron chi connectivity index (χ0n) is 78.0. The van der Waals surface area contributed by atoms with Crippen LogP contribution in [0.15, 0.2) is 109 Å². The van der Waals surface area contributed by atoms with E-state index < -0.39 is 0 Å². The van der Waals surface area contributed by atoms with Crippen molar-refractivity contribution < 1.29 is 29.2 Å². The number of halogens is 12. The molecule has 2 N–H and O–H groups in total. The molecule has 128 heavy (non-hydrogen) atoms. The summed E-state index contributed by atoms with van der Waals surface area (Å²) in [6, 6.07) is 37.5. The fourth-order valence-corrected chi connectivity index (χ4v) is 29.0. The third-order valence-corrected chi connectivity index (χ3v) is 40.7. The normalized spacial score (nSPS) is 32.8. The van der Waals surface area contributed by atoms with Crippen LogP contribution in [0, 0.1) is 35.5 Å². The highest BCUT2D eigenvalue weighted by atomic mass is 35.5. The second-order valence-electron chi connectivity index (χ2n) is 42.7. The molecule has 0 radical (unpaired) electrons. The third kappa shape index (κ3) is 23.8. The molecule has 0 aliphatic heterocycles. The summed E-state index contributed by atoms with van der Waals surface area (Å²) in [7, 11) is 7.40. The molecule has 6 aromatic rings. The molecule has 12 aliphatic carbocycles. The number of rotatable bonds is 16. The summed E-state index contributed by atoms with van der Waals surface area (Å²) < 4.78 is 23.1. The summed E-state index contributed by atoms with van der Waals surface area (Å²) >= 11 is 74.5. The number of hydrogen-bond acceptors (Lipinski definition) is 6. The van der Waals surface area contributed by atoms with Crippen LogP contribution in [0.1, 0.15) is 369 Å². The standard InChI is InChI=1S/4C19H26Cl2O.2C17H22Cl2O/c4*1-18(22-2)9-11-19(12-10-18,14-5-3-4-6-14)15-7-8-16(20)17(21)13-15;2*18-15-6-5-13(11-16(15)19)17(12-3-1-2-4-12)9-7-14(20)8-10-17/h4*7-8,13-14H,3-6,9-12H2,1-2H3;2*5-6,11-12,14,20H,1-4,7-10H2. The average Bonchev–Trinajstić information content (AvgIpc) is 1.20. The summed E-state index contributed by atoms with van der Waals surface area (Å²) in [6.07, 6.45) is 58.7. The minimum Gasteiger partial charge on any atom is -0.393 e. The number of benzene rings is 6. The fourth-order valence-electron chi connectivity index (χ4n) is 27.3. The lowest BCUT2D eigenvalue weighted by atomic mass is 9.59. The van der Waals surface area contributed by atoms with Gasteiger partial charge in [-0.05, 0) is 433 Å². The van der Waals surface area contributed by atoms with E-state index in [-0.39, 0.29) is 67.1 Å². The van der Waals surface area contributed by atoms with Crippen LogP contribution >= 0.6 is 139 Å². The minimum absolute atomic E-state index is 0.0400. The Bertz CT molecular complexity index is 4040.